The first-order valence-electron chi connectivity index (χ1n) is 7.54. The van der Waals surface area contributed by atoms with Crippen LogP contribution in [-0.4, -0.2) is 24.4 Å². The lowest BCUT2D eigenvalue weighted by Crippen LogP contribution is -2.31. The Hall–Kier alpha value is -2.10. The Bertz CT molecular complexity index is 569. The van der Waals surface area contributed by atoms with E-state index in [1.807, 2.05) is 48.5 Å². The Balaban J connectivity index is 1.73. The molecule has 116 valence electrons. The molecule has 3 heteroatoms. The smallest absolute Gasteiger partial charge is 0.122 e. The zero-order chi connectivity index (χ0) is 15.6. The molecule has 2 aromatic carbocycles. The molecule has 22 heavy (non-hydrogen) atoms. The lowest BCUT2D eigenvalue weighted by Gasteiger charge is -2.15. The third-order valence-electron chi connectivity index (χ3n) is 3.32. The van der Waals surface area contributed by atoms with Crippen molar-refractivity contribution >= 4 is 0 Å². The Labute approximate surface area is 132 Å². The van der Waals surface area contributed by atoms with Crippen molar-refractivity contribution in [1.82, 2.24) is 5.32 Å². The molecule has 0 radical (unpaired) electrons. The number of para-hydroxylation sites is 1. The van der Waals surface area contributed by atoms with Gasteiger partial charge in [-0.25, -0.2) is 0 Å². The summed E-state index contributed by atoms with van der Waals surface area (Å²) in [5.41, 5.74) is 2.29. The van der Waals surface area contributed by atoms with Gasteiger partial charge in [0.1, 0.15) is 18.5 Å². The molecule has 0 spiro atoms. The Morgan fingerprint density at radius 3 is 2.59 bits per heavy atom. The van der Waals surface area contributed by atoms with Crippen molar-refractivity contribution in [1.29, 1.82) is 0 Å². The average molecular weight is 297 g/mol. The van der Waals surface area contributed by atoms with Crippen LogP contribution in [0.5, 0.6) is 5.75 Å². The highest BCUT2D eigenvalue weighted by Crippen LogP contribution is 2.18. The van der Waals surface area contributed by atoms with Crippen LogP contribution in [0.1, 0.15) is 11.1 Å². The zero-order valence-electron chi connectivity index (χ0n) is 12.7. The summed E-state index contributed by atoms with van der Waals surface area (Å²) in [6, 6.07) is 18.0. The van der Waals surface area contributed by atoms with Crippen molar-refractivity contribution in [3.8, 4) is 5.75 Å². The number of hydrogen-bond donors (Lipinski definition) is 2. The van der Waals surface area contributed by atoms with Gasteiger partial charge in [-0.2, -0.15) is 0 Å². The molecule has 0 saturated heterocycles. The molecule has 1 unspecified atom stereocenters. The molecule has 0 bridgehead atoms. The number of hydrogen-bond acceptors (Lipinski definition) is 3. The lowest BCUT2D eigenvalue weighted by atomic mass is 10.1. The van der Waals surface area contributed by atoms with Crippen molar-refractivity contribution < 1.29 is 9.84 Å². The predicted molar refractivity (Wildman–Crippen MR) is 90.0 cm³/mol. The molecule has 0 aliphatic carbocycles. The molecule has 0 fully saturated rings. The molecule has 0 saturated carbocycles. The fourth-order valence-corrected chi connectivity index (χ4v) is 2.19. The minimum Gasteiger partial charge on any atom is -0.491 e. The van der Waals surface area contributed by atoms with Gasteiger partial charge in [-0.15, -0.1) is 6.58 Å². The van der Waals surface area contributed by atoms with Gasteiger partial charge in [-0.05, 0) is 23.6 Å². The third kappa shape index (κ3) is 5.35. The largest absolute Gasteiger partial charge is 0.491 e. The van der Waals surface area contributed by atoms with Gasteiger partial charge in [0.15, 0.2) is 0 Å². The molecule has 2 aromatic rings. The van der Waals surface area contributed by atoms with E-state index in [9.17, 15) is 5.11 Å². The zero-order valence-corrected chi connectivity index (χ0v) is 12.7. The molecule has 1 atom stereocenters. The summed E-state index contributed by atoms with van der Waals surface area (Å²) in [5.74, 6) is 0.810. The standard InChI is InChI=1S/C19H23NO2/c1-2-8-17-11-6-7-12-19(17)22-15-18(21)14-20-13-16-9-4-3-5-10-16/h2-7,9-12,18,20-21H,1,8,13-15H2. The maximum Gasteiger partial charge on any atom is 0.122 e. The van der Waals surface area contributed by atoms with Gasteiger partial charge < -0.3 is 15.2 Å². The molecular formula is C19H23NO2. The molecular weight excluding hydrogens is 274 g/mol. The molecule has 0 aromatic heterocycles. The van der Waals surface area contributed by atoms with Crippen LogP contribution in [0.3, 0.4) is 0 Å². The van der Waals surface area contributed by atoms with E-state index >= 15 is 0 Å². The highest BCUT2D eigenvalue weighted by molar-refractivity contribution is 5.34. The van der Waals surface area contributed by atoms with Crippen LogP contribution in [0.25, 0.3) is 0 Å². The van der Waals surface area contributed by atoms with Crippen LogP contribution in [0.15, 0.2) is 67.3 Å². The number of rotatable bonds is 9. The average Bonchev–Trinajstić information content (AvgIpc) is 2.55. The van der Waals surface area contributed by atoms with Gasteiger partial charge in [0.25, 0.3) is 0 Å². The summed E-state index contributed by atoms with van der Waals surface area (Å²) in [6.07, 6.45) is 2.07. The van der Waals surface area contributed by atoms with Gasteiger partial charge >= 0.3 is 0 Å². The predicted octanol–water partition coefficient (Wildman–Crippen LogP) is 2.94. The summed E-state index contributed by atoms with van der Waals surface area (Å²) < 4.78 is 5.72. The summed E-state index contributed by atoms with van der Waals surface area (Å²) in [5, 5.41) is 13.2. The molecule has 3 nitrogen and oxygen atoms in total. The Morgan fingerprint density at radius 2 is 1.82 bits per heavy atom. The van der Waals surface area contributed by atoms with Crippen LogP contribution in [0, 0.1) is 0 Å². The van der Waals surface area contributed by atoms with E-state index < -0.39 is 6.10 Å². The van der Waals surface area contributed by atoms with Gasteiger partial charge in [0.05, 0.1) is 0 Å². The van der Waals surface area contributed by atoms with Crippen LogP contribution in [0.2, 0.25) is 0 Å². The van der Waals surface area contributed by atoms with Gasteiger partial charge in [-0.3, -0.25) is 0 Å². The second kappa shape index (κ2) is 9.03. The Kier molecular flexibility index (Phi) is 6.68. The highest BCUT2D eigenvalue weighted by atomic mass is 16.5. The highest BCUT2D eigenvalue weighted by Gasteiger charge is 2.07. The van der Waals surface area contributed by atoms with E-state index in [2.05, 4.69) is 24.0 Å². The summed E-state index contributed by atoms with van der Waals surface area (Å²) in [4.78, 5) is 0. The minimum absolute atomic E-state index is 0.274. The van der Waals surface area contributed by atoms with E-state index in [-0.39, 0.29) is 6.61 Å². The maximum atomic E-state index is 10.0. The molecule has 0 amide bonds. The van der Waals surface area contributed by atoms with Crippen LogP contribution < -0.4 is 10.1 Å². The quantitative estimate of drug-likeness (QED) is 0.699. The molecule has 0 heterocycles. The number of aliphatic hydroxyl groups excluding tert-OH is 1. The number of nitrogens with one attached hydrogen (secondary N) is 1. The second-order valence-corrected chi connectivity index (χ2v) is 5.18. The number of ether oxygens (including phenoxy) is 1. The first-order chi connectivity index (χ1) is 10.8. The van der Waals surface area contributed by atoms with Crippen LogP contribution in [0.4, 0.5) is 0 Å². The molecule has 0 aliphatic heterocycles. The second-order valence-electron chi connectivity index (χ2n) is 5.18. The lowest BCUT2D eigenvalue weighted by molar-refractivity contribution is 0.106. The summed E-state index contributed by atoms with van der Waals surface area (Å²) in [6.45, 7) is 5.26. The molecule has 2 rings (SSSR count). The van der Waals surface area contributed by atoms with E-state index in [4.69, 9.17) is 4.74 Å². The van der Waals surface area contributed by atoms with Gasteiger partial charge in [-0.1, -0.05) is 54.6 Å². The Morgan fingerprint density at radius 1 is 1.09 bits per heavy atom. The van der Waals surface area contributed by atoms with Gasteiger partial charge in [0, 0.05) is 13.1 Å². The number of benzene rings is 2. The van der Waals surface area contributed by atoms with Gasteiger partial charge in [0.2, 0.25) is 0 Å². The van der Waals surface area contributed by atoms with E-state index in [0.717, 1.165) is 24.3 Å². The normalized spacial score (nSPS) is 11.9. The monoisotopic (exact) mass is 297 g/mol. The van der Waals surface area contributed by atoms with Crippen LogP contribution >= 0.6 is 0 Å². The first kappa shape index (κ1) is 16.3. The fourth-order valence-electron chi connectivity index (χ4n) is 2.19. The van der Waals surface area contributed by atoms with Crippen LogP contribution in [-0.2, 0) is 13.0 Å². The topological polar surface area (TPSA) is 41.5 Å². The van der Waals surface area contributed by atoms with E-state index in [0.29, 0.717) is 6.54 Å². The van der Waals surface area contributed by atoms with E-state index in [1.54, 1.807) is 0 Å². The number of aliphatic hydroxyl groups is 1. The van der Waals surface area contributed by atoms with Crippen molar-refractivity contribution in [2.45, 2.75) is 19.1 Å². The summed E-state index contributed by atoms with van der Waals surface area (Å²) in [7, 11) is 0. The SMILES string of the molecule is C=CCc1ccccc1OCC(O)CNCc1ccccc1. The van der Waals surface area contributed by atoms with Crippen molar-refractivity contribution in [2.24, 2.45) is 0 Å². The van der Waals surface area contributed by atoms with Crippen molar-refractivity contribution in [3.05, 3.63) is 78.4 Å². The summed E-state index contributed by atoms with van der Waals surface area (Å²) >= 11 is 0. The third-order valence-corrected chi connectivity index (χ3v) is 3.32. The molecule has 2 N–H and O–H groups in total. The molecule has 0 aliphatic rings. The van der Waals surface area contributed by atoms with E-state index in [1.165, 1.54) is 5.56 Å². The fraction of sp³-hybridized carbons (Fsp3) is 0.263. The van der Waals surface area contributed by atoms with Crippen molar-refractivity contribution in [2.75, 3.05) is 13.2 Å². The maximum absolute atomic E-state index is 10.0. The number of allylic oxidation sites excluding steroid dienone is 1. The van der Waals surface area contributed by atoms with Crippen molar-refractivity contribution in [3.63, 3.8) is 0 Å². The minimum atomic E-state index is -0.541. The first-order valence-corrected chi connectivity index (χ1v) is 7.54.